The van der Waals surface area contributed by atoms with Crippen molar-refractivity contribution in [3.63, 3.8) is 0 Å². The Morgan fingerprint density at radius 1 is 1.25 bits per heavy atom. The molecule has 0 saturated heterocycles. The molecule has 1 saturated carbocycles. The predicted molar refractivity (Wildman–Crippen MR) is 67.4 cm³/mol. The van der Waals surface area contributed by atoms with Gasteiger partial charge in [-0.3, -0.25) is 4.79 Å². The van der Waals surface area contributed by atoms with Gasteiger partial charge < -0.3 is 10.6 Å². The lowest BCUT2D eigenvalue weighted by atomic mass is 10.0. The van der Waals surface area contributed by atoms with Crippen LogP contribution in [0, 0.1) is 5.92 Å². The zero-order chi connectivity index (χ0) is 11.6. The highest BCUT2D eigenvalue weighted by Gasteiger charge is 2.14. The zero-order valence-electron chi connectivity index (χ0n) is 10.6. The molecule has 0 radical (unpaired) electrons. The maximum Gasteiger partial charge on any atom is 0.220 e. The minimum Gasteiger partial charge on any atom is -0.355 e. The second-order valence-electron chi connectivity index (χ2n) is 4.75. The molecular weight excluding hydrogens is 200 g/mol. The van der Waals surface area contributed by atoms with Crippen molar-refractivity contribution in [2.45, 2.75) is 51.9 Å². The van der Waals surface area contributed by atoms with Crippen molar-refractivity contribution in [3.05, 3.63) is 0 Å². The number of nitrogens with one attached hydrogen (secondary N) is 2. The quantitative estimate of drug-likeness (QED) is 0.622. The van der Waals surface area contributed by atoms with Crippen LogP contribution in [0.3, 0.4) is 0 Å². The van der Waals surface area contributed by atoms with Gasteiger partial charge in [0.15, 0.2) is 0 Å². The van der Waals surface area contributed by atoms with Gasteiger partial charge in [-0.1, -0.05) is 32.6 Å². The van der Waals surface area contributed by atoms with Crippen molar-refractivity contribution < 1.29 is 4.79 Å². The molecule has 3 heteroatoms. The fourth-order valence-electron chi connectivity index (χ4n) is 2.41. The molecule has 0 spiro atoms. The first-order valence-electron chi connectivity index (χ1n) is 6.80. The third-order valence-electron chi connectivity index (χ3n) is 3.36. The molecule has 16 heavy (non-hydrogen) atoms. The van der Waals surface area contributed by atoms with Crippen molar-refractivity contribution in [3.8, 4) is 0 Å². The van der Waals surface area contributed by atoms with E-state index in [9.17, 15) is 4.79 Å². The Hall–Kier alpha value is -0.570. The van der Waals surface area contributed by atoms with E-state index in [0.717, 1.165) is 32.0 Å². The van der Waals surface area contributed by atoms with Crippen molar-refractivity contribution in [1.29, 1.82) is 0 Å². The van der Waals surface area contributed by atoms with Gasteiger partial charge in [-0.2, -0.15) is 0 Å². The Bertz CT molecular complexity index is 188. The topological polar surface area (TPSA) is 41.1 Å². The molecule has 3 nitrogen and oxygen atoms in total. The summed E-state index contributed by atoms with van der Waals surface area (Å²) in [5.41, 5.74) is 0. The molecule has 0 aliphatic heterocycles. The van der Waals surface area contributed by atoms with E-state index in [1.165, 1.54) is 32.1 Å². The largest absolute Gasteiger partial charge is 0.355 e. The van der Waals surface area contributed by atoms with Gasteiger partial charge in [0.2, 0.25) is 5.91 Å². The summed E-state index contributed by atoms with van der Waals surface area (Å²) in [7, 11) is 0. The molecule has 1 aliphatic rings. The molecule has 0 aromatic rings. The first-order valence-corrected chi connectivity index (χ1v) is 6.80. The summed E-state index contributed by atoms with van der Waals surface area (Å²) in [6, 6.07) is 0. The second kappa shape index (κ2) is 8.57. The highest BCUT2D eigenvalue weighted by molar-refractivity contribution is 5.75. The predicted octanol–water partition coefficient (Wildman–Crippen LogP) is 2.07. The SMILES string of the molecule is CCNCCNC(=O)CCCC1CCCC1. The average Bonchev–Trinajstić information content (AvgIpc) is 2.77. The molecule has 1 amide bonds. The van der Waals surface area contributed by atoms with Crippen LogP contribution in [0.5, 0.6) is 0 Å². The van der Waals surface area contributed by atoms with E-state index in [1.54, 1.807) is 0 Å². The summed E-state index contributed by atoms with van der Waals surface area (Å²) in [4.78, 5) is 11.4. The Balaban J connectivity index is 1.89. The summed E-state index contributed by atoms with van der Waals surface area (Å²) in [6.45, 7) is 4.68. The molecule has 94 valence electrons. The number of rotatable bonds is 8. The minimum absolute atomic E-state index is 0.218. The molecule has 0 bridgehead atoms. The Kier molecular flexibility index (Phi) is 7.23. The van der Waals surface area contributed by atoms with E-state index >= 15 is 0 Å². The van der Waals surface area contributed by atoms with Crippen LogP contribution in [-0.4, -0.2) is 25.5 Å². The van der Waals surface area contributed by atoms with Gasteiger partial charge in [0.05, 0.1) is 0 Å². The van der Waals surface area contributed by atoms with Crippen LogP contribution in [0.25, 0.3) is 0 Å². The molecule has 0 atom stereocenters. The number of carbonyl (C=O) groups excluding carboxylic acids is 1. The fraction of sp³-hybridized carbons (Fsp3) is 0.923. The third kappa shape index (κ3) is 6.11. The van der Waals surface area contributed by atoms with Crippen LogP contribution in [0.15, 0.2) is 0 Å². The van der Waals surface area contributed by atoms with Gasteiger partial charge >= 0.3 is 0 Å². The summed E-state index contributed by atoms with van der Waals surface area (Å²) in [5.74, 6) is 1.13. The number of amides is 1. The second-order valence-corrected chi connectivity index (χ2v) is 4.75. The highest BCUT2D eigenvalue weighted by atomic mass is 16.1. The smallest absolute Gasteiger partial charge is 0.220 e. The van der Waals surface area contributed by atoms with Crippen LogP contribution in [0.2, 0.25) is 0 Å². The summed E-state index contributed by atoms with van der Waals surface area (Å²) in [6.07, 6.45) is 8.62. The average molecular weight is 226 g/mol. The molecule has 2 N–H and O–H groups in total. The number of hydrogen-bond donors (Lipinski definition) is 2. The molecular formula is C13H26N2O. The first kappa shape index (κ1) is 13.5. The molecule has 1 fully saturated rings. The minimum atomic E-state index is 0.218. The summed E-state index contributed by atoms with van der Waals surface area (Å²) in [5, 5.41) is 6.13. The third-order valence-corrected chi connectivity index (χ3v) is 3.36. The maximum atomic E-state index is 11.4. The number of likely N-dealkylation sites (N-methyl/N-ethyl adjacent to an activating group) is 1. The van der Waals surface area contributed by atoms with E-state index in [-0.39, 0.29) is 5.91 Å². The fourth-order valence-corrected chi connectivity index (χ4v) is 2.41. The lowest BCUT2D eigenvalue weighted by Crippen LogP contribution is -2.31. The Morgan fingerprint density at radius 3 is 2.69 bits per heavy atom. The standard InChI is InChI=1S/C13H26N2O/c1-2-14-10-11-15-13(16)9-5-8-12-6-3-4-7-12/h12,14H,2-11H2,1H3,(H,15,16). The summed E-state index contributed by atoms with van der Waals surface area (Å²) >= 11 is 0. The highest BCUT2D eigenvalue weighted by Crippen LogP contribution is 2.28. The van der Waals surface area contributed by atoms with Crippen molar-refractivity contribution in [2.75, 3.05) is 19.6 Å². The Labute approximate surface area is 99.4 Å². The molecule has 0 aromatic heterocycles. The van der Waals surface area contributed by atoms with E-state index in [4.69, 9.17) is 0 Å². The van der Waals surface area contributed by atoms with Crippen molar-refractivity contribution in [2.24, 2.45) is 5.92 Å². The zero-order valence-corrected chi connectivity index (χ0v) is 10.6. The van der Waals surface area contributed by atoms with Gasteiger partial charge in [-0.25, -0.2) is 0 Å². The Morgan fingerprint density at radius 2 is 2.00 bits per heavy atom. The maximum absolute atomic E-state index is 11.4. The summed E-state index contributed by atoms with van der Waals surface area (Å²) < 4.78 is 0. The van der Waals surface area contributed by atoms with Gasteiger partial charge in [0.1, 0.15) is 0 Å². The van der Waals surface area contributed by atoms with Gasteiger partial charge in [-0.05, 0) is 25.3 Å². The van der Waals surface area contributed by atoms with Crippen LogP contribution in [-0.2, 0) is 4.79 Å². The van der Waals surface area contributed by atoms with E-state index in [1.807, 2.05) is 0 Å². The lowest BCUT2D eigenvalue weighted by Gasteiger charge is -2.08. The van der Waals surface area contributed by atoms with Crippen LogP contribution in [0.4, 0.5) is 0 Å². The first-order chi connectivity index (χ1) is 7.83. The molecule has 0 unspecified atom stereocenters. The molecule has 1 rings (SSSR count). The molecule has 1 aliphatic carbocycles. The van der Waals surface area contributed by atoms with E-state index in [2.05, 4.69) is 17.6 Å². The number of hydrogen-bond acceptors (Lipinski definition) is 2. The lowest BCUT2D eigenvalue weighted by molar-refractivity contribution is -0.121. The van der Waals surface area contributed by atoms with E-state index in [0.29, 0.717) is 6.42 Å². The van der Waals surface area contributed by atoms with Crippen LogP contribution < -0.4 is 10.6 Å². The van der Waals surface area contributed by atoms with Crippen LogP contribution >= 0.6 is 0 Å². The van der Waals surface area contributed by atoms with Crippen LogP contribution in [0.1, 0.15) is 51.9 Å². The molecule has 0 aromatic carbocycles. The van der Waals surface area contributed by atoms with Crippen molar-refractivity contribution >= 4 is 5.91 Å². The van der Waals surface area contributed by atoms with Gasteiger partial charge in [-0.15, -0.1) is 0 Å². The van der Waals surface area contributed by atoms with Gasteiger partial charge in [0, 0.05) is 19.5 Å². The van der Waals surface area contributed by atoms with Gasteiger partial charge in [0.25, 0.3) is 0 Å². The normalized spacial score (nSPS) is 16.6. The molecule has 0 heterocycles. The monoisotopic (exact) mass is 226 g/mol. The van der Waals surface area contributed by atoms with Crippen molar-refractivity contribution in [1.82, 2.24) is 10.6 Å². The van der Waals surface area contributed by atoms with E-state index < -0.39 is 0 Å². The number of carbonyl (C=O) groups is 1.